The third-order valence-electron chi connectivity index (χ3n) is 3.42. The number of aliphatic carboxylic acids is 1. The number of rotatable bonds is 2. The van der Waals surface area contributed by atoms with Gasteiger partial charge in [0.05, 0.1) is 5.57 Å². The average molecular weight is 323 g/mol. The van der Waals surface area contributed by atoms with Crippen molar-refractivity contribution in [3.8, 4) is 0 Å². The van der Waals surface area contributed by atoms with E-state index in [0.29, 0.717) is 10.6 Å². The Morgan fingerprint density at radius 3 is 2.57 bits per heavy atom. The molecule has 0 aromatic carbocycles. The van der Waals surface area contributed by atoms with Crippen molar-refractivity contribution < 1.29 is 27.8 Å². The lowest BCUT2D eigenvalue weighted by Gasteiger charge is -2.35. The molecule has 3 nitrogen and oxygen atoms in total. The average Bonchev–Trinajstić information content (AvgIpc) is 2.34. The molecule has 1 heterocycles. The van der Waals surface area contributed by atoms with Crippen LogP contribution >= 0.6 is 11.6 Å². The summed E-state index contributed by atoms with van der Waals surface area (Å²) in [6.07, 6.45) is -4.27. The minimum Gasteiger partial charge on any atom is -0.479 e. The maximum atomic E-state index is 13.0. The first-order valence-corrected chi connectivity index (χ1v) is 6.77. The van der Waals surface area contributed by atoms with Crippen molar-refractivity contribution in [2.75, 3.05) is 0 Å². The second-order valence-corrected chi connectivity index (χ2v) is 5.83. The van der Waals surface area contributed by atoms with Crippen LogP contribution in [0.2, 0.25) is 0 Å². The zero-order chi connectivity index (χ0) is 15.9. The van der Waals surface area contributed by atoms with E-state index in [1.54, 1.807) is 6.08 Å². The highest BCUT2D eigenvalue weighted by molar-refractivity contribution is 6.29. The van der Waals surface area contributed by atoms with Gasteiger partial charge in [0, 0.05) is 11.0 Å². The van der Waals surface area contributed by atoms with E-state index >= 15 is 0 Å². The molecule has 0 saturated carbocycles. The molecule has 1 N–H and O–H groups in total. The van der Waals surface area contributed by atoms with Crippen molar-refractivity contribution in [3.63, 3.8) is 0 Å². The van der Waals surface area contributed by atoms with Gasteiger partial charge >= 0.3 is 12.1 Å². The molecule has 0 aromatic rings. The molecule has 2 aliphatic rings. The van der Waals surface area contributed by atoms with Gasteiger partial charge < -0.3 is 9.84 Å². The number of ether oxygens (including phenoxy) is 1. The molecule has 2 unspecified atom stereocenters. The number of allylic oxidation sites excluding steroid dienone is 4. The van der Waals surface area contributed by atoms with Gasteiger partial charge in [-0.15, -0.1) is 0 Å². The number of alkyl halides is 3. The number of carboxylic acid groups (broad SMARTS) is 1. The van der Waals surface area contributed by atoms with Crippen LogP contribution in [0, 0.1) is 11.8 Å². The Bertz CT molecular complexity index is 558. The first kappa shape index (κ1) is 15.9. The third-order valence-corrected chi connectivity index (χ3v) is 3.69. The monoisotopic (exact) mass is 322 g/mol. The lowest BCUT2D eigenvalue weighted by atomic mass is 9.84. The summed E-state index contributed by atoms with van der Waals surface area (Å²) in [6.45, 7) is 3.63. The SMILES string of the molecule is CC(C)C1=C2OC(C(F)(F)F)C(C(=O)O)=CC2CC(Cl)=C1. The first-order valence-electron chi connectivity index (χ1n) is 6.39. The van der Waals surface area contributed by atoms with Gasteiger partial charge in [0.1, 0.15) is 5.76 Å². The van der Waals surface area contributed by atoms with Crippen molar-refractivity contribution >= 4 is 17.6 Å². The number of halogens is 4. The van der Waals surface area contributed by atoms with Gasteiger partial charge in [0.15, 0.2) is 0 Å². The Labute approximate surface area is 124 Å². The zero-order valence-electron chi connectivity index (χ0n) is 11.4. The van der Waals surface area contributed by atoms with Crippen molar-refractivity contribution in [1.82, 2.24) is 0 Å². The fourth-order valence-electron chi connectivity index (χ4n) is 2.48. The Morgan fingerprint density at radius 2 is 2.10 bits per heavy atom. The molecule has 0 saturated heterocycles. The van der Waals surface area contributed by atoms with Crippen LogP contribution in [0.25, 0.3) is 0 Å². The summed E-state index contributed by atoms with van der Waals surface area (Å²) in [5, 5.41) is 9.47. The van der Waals surface area contributed by atoms with Crippen LogP contribution in [-0.2, 0) is 9.53 Å². The molecule has 0 fully saturated rings. The quantitative estimate of drug-likeness (QED) is 0.835. The van der Waals surface area contributed by atoms with Crippen LogP contribution in [0.15, 0.2) is 34.1 Å². The summed E-state index contributed by atoms with van der Waals surface area (Å²) >= 11 is 6.00. The molecule has 0 aromatic heterocycles. The normalized spacial score (nSPS) is 26.0. The highest BCUT2D eigenvalue weighted by Gasteiger charge is 2.50. The van der Waals surface area contributed by atoms with Crippen LogP contribution in [0.1, 0.15) is 20.3 Å². The third kappa shape index (κ3) is 3.10. The lowest BCUT2D eigenvalue weighted by molar-refractivity contribution is -0.204. The van der Waals surface area contributed by atoms with Crippen molar-refractivity contribution in [3.05, 3.63) is 34.1 Å². The van der Waals surface area contributed by atoms with Crippen molar-refractivity contribution in [2.24, 2.45) is 11.8 Å². The molecule has 0 bridgehead atoms. The molecule has 0 radical (unpaired) electrons. The second kappa shape index (κ2) is 5.40. The van der Waals surface area contributed by atoms with Crippen LogP contribution in [0.3, 0.4) is 0 Å². The van der Waals surface area contributed by atoms with Gasteiger partial charge in [-0.25, -0.2) is 4.79 Å². The summed E-state index contributed by atoms with van der Waals surface area (Å²) in [5.41, 5.74) is -0.211. The highest BCUT2D eigenvalue weighted by Crippen LogP contribution is 2.44. The molecule has 1 aliphatic carbocycles. The van der Waals surface area contributed by atoms with E-state index in [2.05, 4.69) is 0 Å². The van der Waals surface area contributed by atoms with E-state index in [1.807, 2.05) is 13.8 Å². The van der Waals surface area contributed by atoms with Crippen LogP contribution < -0.4 is 0 Å². The predicted octanol–water partition coefficient (Wildman–Crippen LogP) is 4.01. The topological polar surface area (TPSA) is 46.5 Å². The summed E-state index contributed by atoms with van der Waals surface area (Å²) in [7, 11) is 0. The van der Waals surface area contributed by atoms with Gasteiger partial charge in [-0.05, 0) is 24.0 Å². The number of hydrogen-bond acceptors (Lipinski definition) is 2. The Morgan fingerprint density at radius 1 is 1.48 bits per heavy atom. The molecule has 21 heavy (non-hydrogen) atoms. The Kier molecular flexibility index (Phi) is 4.10. The standard InChI is InChI=1S/C14H14ClF3O3/c1-6(2)9-5-8(15)3-7-4-10(13(19)20)12(14(16,17)18)21-11(7)9/h4-7,12H,3H2,1-2H3,(H,19,20). The van der Waals surface area contributed by atoms with Crippen LogP contribution in [0.4, 0.5) is 13.2 Å². The van der Waals surface area contributed by atoms with Crippen LogP contribution in [0.5, 0.6) is 0 Å². The van der Waals surface area contributed by atoms with E-state index in [4.69, 9.17) is 21.4 Å². The van der Waals surface area contributed by atoms with Gasteiger partial charge in [-0.3, -0.25) is 0 Å². The first-order chi connectivity index (χ1) is 9.61. The zero-order valence-corrected chi connectivity index (χ0v) is 12.1. The Hall–Kier alpha value is -1.43. The number of carbonyl (C=O) groups is 1. The van der Waals surface area contributed by atoms with Gasteiger partial charge in [0.25, 0.3) is 0 Å². The van der Waals surface area contributed by atoms with E-state index in [0.717, 1.165) is 6.08 Å². The van der Waals surface area contributed by atoms with E-state index in [1.165, 1.54) is 0 Å². The molecular formula is C14H14ClF3O3. The summed E-state index contributed by atoms with van der Waals surface area (Å²) in [4.78, 5) is 11.1. The maximum absolute atomic E-state index is 13.0. The number of hydrogen-bond donors (Lipinski definition) is 1. The van der Waals surface area contributed by atoms with Crippen LogP contribution in [-0.4, -0.2) is 23.4 Å². The minimum atomic E-state index is -4.78. The van der Waals surface area contributed by atoms with Crippen molar-refractivity contribution in [2.45, 2.75) is 32.5 Å². The molecule has 116 valence electrons. The van der Waals surface area contributed by atoms with E-state index < -0.39 is 29.7 Å². The van der Waals surface area contributed by atoms with Gasteiger partial charge in [-0.1, -0.05) is 31.5 Å². The fraction of sp³-hybridized carbons (Fsp3) is 0.500. The molecule has 2 atom stereocenters. The van der Waals surface area contributed by atoms with Gasteiger partial charge in [-0.2, -0.15) is 13.2 Å². The minimum absolute atomic E-state index is 0.0785. The van der Waals surface area contributed by atoms with Gasteiger partial charge in [0.2, 0.25) is 6.10 Å². The highest BCUT2D eigenvalue weighted by atomic mass is 35.5. The molecule has 1 aliphatic heterocycles. The fourth-order valence-corrected chi connectivity index (χ4v) is 2.76. The summed E-state index contributed by atoms with van der Waals surface area (Å²) < 4.78 is 44.1. The molecule has 0 amide bonds. The van der Waals surface area contributed by atoms with Crippen molar-refractivity contribution in [1.29, 1.82) is 0 Å². The summed E-state index contributed by atoms with van der Waals surface area (Å²) in [6, 6.07) is 0. The van der Waals surface area contributed by atoms with E-state index in [-0.39, 0.29) is 18.1 Å². The second-order valence-electron chi connectivity index (χ2n) is 5.34. The molecular weight excluding hydrogens is 309 g/mol. The molecule has 7 heteroatoms. The maximum Gasteiger partial charge on any atom is 0.429 e. The van der Waals surface area contributed by atoms with E-state index in [9.17, 15) is 18.0 Å². The molecule has 0 spiro atoms. The largest absolute Gasteiger partial charge is 0.479 e. The number of fused-ring (bicyclic) bond motifs is 1. The number of carboxylic acids is 1. The Balaban J connectivity index is 2.55. The molecule has 2 rings (SSSR count). The predicted molar refractivity (Wildman–Crippen MR) is 70.6 cm³/mol. The lowest BCUT2D eigenvalue weighted by Crippen LogP contribution is -2.40. The smallest absolute Gasteiger partial charge is 0.429 e. The summed E-state index contributed by atoms with van der Waals surface area (Å²) in [5.74, 6) is -2.11.